The van der Waals surface area contributed by atoms with Crippen molar-refractivity contribution >= 4 is 44.3 Å². The molecule has 0 atom stereocenters. The average Bonchev–Trinajstić information content (AvgIpc) is 2.84. The van der Waals surface area contributed by atoms with Crippen molar-refractivity contribution in [3.05, 3.63) is 51.8 Å². The molecular formula is C14H10BrClN2O2. The minimum Gasteiger partial charge on any atom is -0.482 e. The van der Waals surface area contributed by atoms with E-state index in [-0.39, 0.29) is 6.61 Å². The minimum atomic E-state index is 0.185. The second kappa shape index (κ2) is 5.34. The van der Waals surface area contributed by atoms with Crippen molar-refractivity contribution in [3.8, 4) is 5.75 Å². The van der Waals surface area contributed by atoms with Crippen LogP contribution in [0.4, 0.5) is 5.69 Å². The quantitative estimate of drug-likeness (QED) is 0.709. The molecule has 1 aromatic heterocycles. The van der Waals surface area contributed by atoms with Crippen LogP contribution in [0.5, 0.6) is 5.75 Å². The summed E-state index contributed by atoms with van der Waals surface area (Å²) in [6.07, 6.45) is 0. The summed E-state index contributed by atoms with van der Waals surface area (Å²) in [7, 11) is 0. The summed E-state index contributed by atoms with van der Waals surface area (Å²) in [4.78, 5) is 4.31. The molecule has 0 aliphatic rings. The molecule has 0 saturated carbocycles. The van der Waals surface area contributed by atoms with Gasteiger partial charge in [0.15, 0.2) is 12.2 Å². The summed E-state index contributed by atoms with van der Waals surface area (Å²) in [5.41, 5.74) is 7.70. The third kappa shape index (κ3) is 2.59. The fraction of sp³-hybridized carbons (Fsp3) is 0.0714. The largest absolute Gasteiger partial charge is 0.482 e. The van der Waals surface area contributed by atoms with Crippen molar-refractivity contribution in [2.75, 3.05) is 5.73 Å². The Bertz CT molecular complexity index is 773. The van der Waals surface area contributed by atoms with Gasteiger partial charge < -0.3 is 14.9 Å². The average molecular weight is 354 g/mol. The minimum absolute atomic E-state index is 0.185. The Balaban J connectivity index is 1.83. The Morgan fingerprint density at radius 3 is 2.95 bits per heavy atom. The molecule has 102 valence electrons. The molecule has 3 rings (SSSR count). The fourth-order valence-corrected chi connectivity index (χ4v) is 2.32. The molecule has 0 bridgehead atoms. The third-order valence-electron chi connectivity index (χ3n) is 2.74. The van der Waals surface area contributed by atoms with E-state index in [9.17, 15) is 0 Å². The number of aromatic nitrogens is 1. The Morgan fingerprint density at radius 2 is 2.15 bits per heavy atom. The highest BCUT2D eigenvalue weighted by Crippen LogP contribution is 2.29. The number of nitrogens with zero attached hydrogens (tertiary/aromatic N) is 1. The van der Waals surface area contributed by atoms with E-state index >= 15 is 0 Å². The normalized spacial score (nSPS) is 10.9. The van der Waals surface area contributed by atoms with Crippen LogP contribution in [0.3, 0.4) is 0 Å². The number of rotatable bonds is 3. The second-order valence-corrected chi connectivity index (χ2v) is 5.49. The van der Waals surface area contributed by atoms with Crippen LogP contribution >= 0.6 is 27.5 Å². The molecule has 0 unspecified atom stereocenters. The highest BCUT2D eigenvalue weighted by Gasteiger charge is 2.10. The third-order valence-corrected chi connectivity index (χ3v) is 3.54. The lowest BCUT2D eigenvalue weighted by atomic mass is 10.3. The van der Waals surface area contributed by atoms with E-state index in [0.717, 1.165) is 4.47 Å². The lowest BCUT2D eigenvalue weighted by Gasteiger charge is -2.05. The number of nitrogen functional groups attached to an aromatic ring is 1. The van der Waals surface area contributed by atoms with Gasteiger partial charge in [-0.25, -0.2) is 4.98 Å². The molecule has 2 aromatic carbocycles. The Labute approximate surface area is 128 Å². The Kier molecular flexibility index (Phi) is 3.54. The first-order valence-electron chi connectivity index (χ1n) is 5.85. The first-order chi connectivity index (χ1) is 9.63. The number of nitrogens with two attached hydrogens (primary N) is 1. The monoisotopic (exact) mass is 352 g/mol. The molecule has 0 amide bonds. The van der Waals surface area contributed by atoms with E-state index in [1.54, 1.807) is 18.2 Å². The Hall–Kier alpha value is -1.72. The number of oxazole rings is 1. The number of hydrogen-bond acceptors (Lipinski definition) is 4. The molecule has 2 N–H and O–H groups in total. The number of halogens is 2. The van der Waals surface area contributed by atoms with E-state index in [4.69, 9.17) is 26.5 Å². The topological polar surface area (TPSA) is 61.3 Å². The maximum Gasteiger partial charge on any atom is 0.233 e. The lowest BCUT2D eigenvalue weighted by Crippen LogP contribution is -1.96. The van der Waals surface area contributed by atoms with Crippen LogP contribution in [0, 0.1) is 0 Å². The van der Waals surface area contributed by atoms with Crippen molar-refractivity contribution in [2.45, 2.75) is 6.61 Å². The number of para-hydroxylation sites is 1. The van der Waals surface area contributed by atoms with E-state index in [1.165, 1.54) is 0 Å². The Morgan fingerprint density at radius 1 is 1.30 bits per heavy atom. The lowest BCUT2D eigenvalue weighted by molar-refractivity contribution is 0.267. The van der Waals surface area contributed by atoms with Crippen LogP contribution < -0.4 is 10.5 Å². The van der Waals surface area contributed by atoms with Gasteiger partial charge in [-0.2, -0.15) is 0 Å². The van der Waals surface area contributed by atoms with Crippen molar-refractivity contribution in [1.29, 1.82) is 0 Å². The molecule has 3 aromatic rings. The summed E-state index contributed by atoms with van der Waals surface area (Å²) in [6, 6.07) is 10.8. The van der Waals surface area contributed by atoms with Gasteiger partial charge in [0.2, 0.25) is 5.89 Å². The van der Waals surface area contributed by atoms with Crippen LogP contribution in [0.25, 0.3) is 11.1 Å². The van der Waals surface area contributed by atoms with Gasteiger partial charge in [-0.3, -0.25) is 0 Å². The maximum absolute atomic E-state index is 6.05. The zero-order valence-electron chi connectivity index (χ0n) is 10.3. The zero-order chi connectivity index (χ0) is 14.1. The summed E-state index contributed by atoms with van der Waals surface area (Å²) < 4.78 is 12.1. The molecule has 0 aliphatic carbocycles. The predicted molar refractivity (Wildman–Crippen MR) is 81.9 cm³/mol. The van der Waals surface area contributed by atoms with Crippen LogP contribution in [0.15, 0.2) is 45.3 Å². The van der Waals surface area contributed by atoms with Crippen molar-refractivity contribution in [1.82, 2.24) is 4.98 Å². The van der Waals surface area contributed by atoms with Crippen molar-refractivity contribution in [3.63, 3.8) is 0 Å². The molecule has 6 heteroatoms. The van der Waals surface area contributed by atoms with Crippen LogP contribution in [-0.4, -0.2) is 4.98 Å². The molecule has 0 spiro atoms. The summed E-state index contributed by atoms with van der Waals surface area (Å²) in [5, 5.41) is 0.531. The van der Waals surface area contributed by atoms with Gasteiger partial charge in [0.1, 0.15) is 11.3 Å². The summed E-state index contributed by atoms with van der Waals surface area (Å²) in [5.74, 6) is 1.02. The van der Waals surface area contributed by atoms with E-state index < -0.39 is 0 Å². The number of hydrogen-bond donors (Lipinski definition) is 1. The van der Waals surface area contributed by atoms with Crippen molar-refractivity contribution < 1.29 is 9.15 Å². The first-order valence-corrected chi connectivity index (χ1v) is 7.02. The number of anilines is 1. The molecule has 4 nitrogen and oxygen atoms in total. The van der Waals surface area contributed by atoms with Gasteiger partial charge in [-0.15, -0.1) is 0 Å². The smallest absolute Gasteiger partial charge is 0.233 e. The highest BCUT2D eigenvalue weighted by atomic mass is 79.9. The standard InChI is InChI=1S/C14H10BrClN2O2/c15-8-4-5-9(16)12(6-8)19-7-13-18-14-10(17)2-1-3-11(14)20-13/h1-6H,7,17H2. The first kappa shape index (κ1) is 13.3. The molecule has 20 heavy (non-hydrogen) atoms. The molecule has 0 radical (unpaired) electrons. The van der Waals surface area contributed by atoms with Gasteiger partial charge in [0.25, 0.3) is 0 Å². The van der Waals surface area contributed by atoms with Crippen LogP contribution in [0.1, 0.15) is 5.89 Å². The van der Waals surface area contributed by atoms with Gasteiger partial charge in [0, 0.05) is 4.47 Å². The predicted octanol–water partition coefficient (Wildman–Crippen LogP) is 4.40. The highest BCUT2D eigenvalue weighted by molar-refractivity contribution is 9.10. The van der Waals surface area contributed by atoms with Crippen LogP contribution in [0.2, 0.25) is 5.02 Å². The molecule has 0 fully saturated rings. The van der Waals surface area contributed by atoms with E-state index in [1.807, 2.05) is 18.2 Å². The van der Waals surface area contributed by atoms with Crippen molar-refractivity contribution in [2.24, 2.45) is 0 Å². The molecule has 0 aliphatic heterocycles. The SMILES string of the molecule is Nc1cccc2oc(COc3cc(Br)ccc3Cl)nc12. The van der Waals surface area contributed by atoms with Gasteiger partial charge >= 0.3 is 0 Å². The van der Waals surface area contributed by atoms with Gasteiger partial charge in [-0.1, -0.05) is 33.6 Å². The number of fused-ring (bicyclic) bond motifs is 1. The fourth-order valence-electron chi connectivity index (χ4n) is 1.80. The van der Waals surface area contributed by atoms with E-state index in [0.29, 0.717) is 33.4 Å². The van der Waals surface area contributed by atoms with E-state index in [2.05, 4.69) is 20.9 Å². The molecular weight excluding hydrogens is 344 g/mol. The summed E-state index contributed by atoms with van der Waals surface area (Å²) in [6.45, 7) is 0.185. The molecule has 0 saturated heterocycles. The zero-order valence-corrected chi connectivity index (χ0v) is 12.6. The number of benzene rings is 2. The summed E-state index contributed by atoms with van der Waals surface area (Å²) >= 11 is 9.42. The number of ether oxygens (including phenoxy) is 1. The van der Waals surface area contributed by atoms with Crippen LogP contribution in [-0.2, 0) is 6.61 Å². The maximum atomic E-state index is 6.05. The molecule has 1 heterocycles. The van der Waals surface area contributed by atoms with Gasteiger partial charge in [0.05, 0.1) is 10.7 Å². The van der Waals surface area contributed by atoms with Gasteiger partial charge in [-0.05, 0) is 30.3 Å². The second-order valence-electron chi connectivity index (χ2n) is 4.17.